The molecule has 1 aliphatic carbocycles. The summed E-state index contributed by atoms with van der Waals surface area (Å²) < 4.78 is 0. The fourth-order valence-corrected chi connectivity index (χ4v) is 2.53. The van der Waals surface area contributed by atoms with Crippen molar-refractivity contribution in [2.45, 2.75) is 13.3 Å². The van der Waals surface area contributed by atoms with Crippen LogP contribution in [-0.4, -0.2) is 24.7 Å². The third kappa shape index (κ3) is 2.31. The van der Waals surface area contributed by atoms with E-state index < -0.39 is 5.97 Å². The van der Waals surface area contributed by atoms with Gasteiger partial charge in [0.05, 0.1) is 0 Å². The van der Waals surface area contributed by atoms with E-state index in [2.05, 4.69) is 11.8 Å². The molecule has 3 nitrogen and oxygen atoms in total. The van der Waals surface area contributed by atoms with Crippen LogP contribution in [0.1, 0.15) is 23.0 Å². The van der Waals surface area contributed by atoms with Gasteiger partial charge in [-0.25, -0.2) is 4.79 Å². The lowest BCUT2D eigenvalue weighted by Gasteiger charge is -2.16. The first kappa shape index (κ1) is 10.5. The smallest absolute Gasteiger partial charge is 0.345 e. The Balaban J connectivity index is 1.98. The van der Waals surface area contributed by atoms with E-state index in [0.29, 0.717) is 4.88 Å². The standard InChI is InChI=1S/C11H15NO2S/c1-7-3-8(7)5-12(2)9-4-10(11(13)14)15-6-9/h4,6-8H,3,5H2,1-2H3,(H,13,14). The molecule has 1 saturated carbocycles. The van der Waals surface area contributed by atoms with Crippen LogP contribution in [-0.2, 0) is 0 Å². The molecule has 2 rings (SSSR count). The number of hydrogen-bond acceptors (Lipinski definition) is 3. The van der Waals surface area contributed by atoms with Crippen molar-refractivity contribution < 1.29 is 9.90 Å². The molecule has 0 spiro atoms. The van der Waals surface area contributed by atoms with Crippen LogP contribution in [0.15, 0.2) is 11.4 Å². The maximum atomic E-state index is 10.7. The fraction of sp³-hybridized carbons (Fsp3) is 0.545. The molecule has 0 aliphatic heterocycles. The molecule has 0 amide bonds. The zero-order valence-electron chi connectivity index (χ0n) is 8.93. The van der Waals surface area contributed by atoms with Crippen LogP contribution in [0.25, 0.3) is 0 Å². The van der Waals surface area contributed by atoms with Gasteiger partial charge in [0, 0.05) is 24.7 Å². The summed E-state index contributed by atoms with van der Waals surface area (Å²) in [5.74, 6) is 0.799. The Morgan fingerprint density at radius 3 is 2.87 bits per heavy atom. The van der Waals surface area contributed by atoms with Crippen molar-refractivity contribution >= 4 is 23.0 Å². The van der Waals surface area contributed by atoms with E-state index in [0.717, 1.165) is 24.1 Å². The molecule has 0 bridgehead atoms. The van der Waals surface area contributed by atoms with Crippen molar-refractivity contribution in [1.82, 2.24) is 0 Å². The van der Waals surface area contributed by atoms with E-state index in [-0.39, 0.29) is 0 Å². The number of hydrogen-bond donors (Lipinski definition) is 1. The molecular formula is C11H15NO2S. The average molecular weight is 225 g/mol. The van der Waals surface area contributed by atoms with Gasteiger partial charge in [0.1, 0.15) is 4.88 Å². The molecule has 2 atom stereocenters. The third-order valence-electron chi connectivity index (χ3n) is 3.02. The molecule has 1 heterocycles. The van der Waals surface area contributed by atoms with Crippen molar-refractivity contribution in [2.24, 2.45) is 11.8 Å². The molecule has 4 heteroatoms. The van der Waals surface area contributed by atoms with Crippen LogP contribution in [0.5, 0.6) is 0 Å². The number of carboxylic acid groups (broad SMARTS) is 1. The molecule has 1 N–H and O–H groups in total. The van der Waals surface area contributed by atoms with Gasteiger partial charge in [-0.2, -0.15) is 0 Å². The van der Waals surface area contributed by atoms with E-state index in [1.165, 1.54) is 17.8 Å². The van der Waals surface area contributed by atoms with Gasteiger partial charge in [0.2, 0.25) is 0 Å². The second-order valence-corrected chi connectivity index (χ2v) is 5.24. The Morgan fingerprint density at radius 2 is 2.40 bits per heavy atom. The first-order valence-corrected chi connectivity index (χ1v) is 5.99. The highest BCUT2D eigenvalue weighted by molar-refractivity contribution is 7.12. The minimum atomic E-state index is -0.834. The molecule has 15 heavy (non-hydrogen) atoms. The molecule has 0 radical (unpaired) electrons. The van der Waals surface area contributed by atoms with Crippen LogP contribution < -0.4 is 4.90 Å². The van der Waals surface area contributed by atoms with E-state index in [9.17, 15) is 4.79 Å². The first-order valence-electron chi connectivity index (χ1n) is 5.11. The molecule has 2 unspecified atom stereocenters. The van der Waals surface area contributed by atoms with Gasteiger partial charge < -0.3 is 10.0 Å². The maximum absolute atomic E-state index is 10.7. The zero-order chi connectivity index (χ0) is 11.0. The molecule has 1 aromatic rings. The van der Waals surface area contributed by atoms with Crippen molar-refractivity contribution in [3.8, 4) is 0 Å². The van der Waals surface area contributed by atoms with E-state index >= 15 is 0 Å². The summed E-state index contributed by atoms with van der Waals surface area (Å²) in [6, 6.07) is 1.75. The second-order valence-electron chi connectivity index (χ2n) is 4.33. The van der Waals surface area contributed by atoms with Gasteiger partial charge in [-0.05, 0) is 24.3 Å². The zero-order valence-corrected chi connectivity index (χ0v) is 9.75. The van der Waals surface area contributed by atoms with E-state index in [1.54, 1.807) is 6.07 Å². The van der Waals surface area contributed by atoms with E-state index in [4.69, 9.17) is 5.11 Å². The van der Waals surface area contributed by atoms with Crippen LogP contribution in [0, 0.1) is 11.8 Å². The summed E-state index contributed by atoms with van der Waals surface area (Å²) in [4.78, 5) is 13.3. The maximum Gasteiger partial charge on any atom is 0.345 e. The molecule has 82 valence electrons. The predicted octanol–water partition coefficient (Wildman–Crippen LogP) is 2.54. The minimum Gasteiger partial charge on any atom is -0.477 e. The van der Waals surface area contributed by atoms with Crippen LogP contribution in [0.2, 0.25) is 0 Å². The van der Waals surface area contributed by atoms with E-state index in [1.807, 2.05) is 12.4 Å². The van der Waals surface area contributed by atoms with Crippen LogP contribution in [0.4, 0.5) is 5.69 Å². The summed E-state index contributed by atoms with van der Waals surface area (Å²) in [5.41, 5.74) is 1.02. The molecule has 1 aliphatic rings. The number of carboxylic acids is 1. The number of anilines is 1. The van der Waals surface area contributed by atoms with Crippen molar-refractivity contribution in [1.29, 1.82) is 0 Å². The minimum absolute atomic E-state index is 0.417. The third-order valence-corrected chi connectivity index (χ3v) is 3.93. The monoisotopic (exact) mass is 225 g/mol. The second kappa shape index (κ2) is 3.85. The van der Waals surface area contributed by atoms with Gasteiger partial charge in [0.25, 0.3) is 0 Å². The number of aromatic carboxylic acids is 1. The fourth-order valence-electron chi connectivity index (χ4n) is 1.75. The Morgan fingerprint density at radius 1 is 1.73 bits per heavy atom. The van der Waals surface area contributed by atoms with Crippen LogP contribution >= 0.6 is 11.3 Å². The highest BCUT2D eigenvalue weighted by Crippen LogP contribution is 2.39. The quantitative estimate of drug-likeness (QED) is 0.856. The summed E-state index contributed by atoms with van der Waals surface area (Å²) in [7, 11) is 2.03. The molecular weight excluding hydrogens is 210 g/mol. The predicted molar refractivity (Wildman–Crippen MR) is 61.8 cm³/mol. The van der Waals surface area contributed by atoms with Gasteiger partial charge in [-0.1, -0.05) is 6.92 Å². The van der Waals surface area contributed by atoms with Crippen molar-refractivity contribution in [3.63, 3.8) is 0 Å². The van der Waals surface area contributed by atoms with Gasteiger partial charge in [0.15, 0.2) is 0 Å². The topological polar surface area (TPSA) is 40.5 Å². The number of nitrogens with zero attached hydrogens (tertiary/aromatic N) is 1. The number of rotatable bonds is 4. The van der Waals surface area contributed by atoms with Gasteiger partial charge in [-0.15, -0.1) is 11.3 Å². The highest BCUT2D eigenvalue weighted by atomic mass is 32.1. The van der Waals surface area contributed by atoms with Gasteiger partial charge >= 0.3 is 5.97 Å². The highest BCUT2D eigenvalue weighted by Gasteiger charge is 2.33. The molecule has 0 aromatic carbocycles. The van der Waals surface area contributed by atoms with Crippen molar-refractivity contribution in [2.75, 3.05) is 18.5 Å². The summed E-state index contributed by atoms with van der Waals surface area (Å²) >= 11 is 1.29. The molecule has 1 aromatic heterocycles. The Kier molecular flexibility index (Phi) is 2.69. The summed E-state index contributed by atoms with van der Waals surface area (Å²) in [5, 5.41) is 10.7. The van der Waals surface area contributed by atoms with Gasteiger partial charge in [-0.3, -0.25) is 0 Å². The van der Waals surface area contributed by atoms with Crippen LogP contribution in [0.3, 0.4) is 0 Å². The largest absolute Gasteiger partial charge is 0.477 e. The summed E-state index contributed by atoms with van der Waals surface area (Å²) in [6.07, 6.45) is 1.31. The lowest BCUT2D eigenvalue weighted by Crippen LogP contribution is -2.19. The molecule has 0 saturated heterocycles. The SMILES string of the molecule is CC1CC1CN(C)c1csc(C(=O)O)c1. The first-order chi connectivity index (χ1) is 7.08. The number of carbonyl (C=O) groups is 1. The lowest BCUT2D eigenvalue weighted by atomic mass is 10.3. The molecule has 1 fully saturated rings. The Bertz CT molecular complexity index is 374. The van der Waals surface area contributed by atoms with Crippen molar-refractivity contribution in [3.05, 3.63) is 16.3 Å². The summed E-state index contributed by atoms with van der Waals surface area (Å²) in [6.45, 7) is 3.30. The Labute approximate surface area is 93.3 Å². The number of thiophene rings is 1. The Hall–Kier alpha value is -1.03. The average Bonchev–Trinajstić information content (AvgIpc) is 2.71. The normalized spacial score (nSPS) is 23.9. The lowest BCUT2D eigenvalue weighted by molar-refractivity contribution is 0.0702.